The lowest BCUT2D eigenvalue weighted by Gasteiger charge is -2.19. The first-order chi connectivity index (χ1) is 71.3. The summed E-state index contributed by atoms with van der Waals surface area (Å²) in [6, 6.07) is 67.6. The molecule has 8 aromatic heterocycles. The van der Waals surface area contributed by atoms with Gasteiger partial charge < -0.3 is 140 Å². The van der Waals surface area contributed by atoms with Crippen LogP contribution in [0.5, 0.6) is 0 Å². The number of unbranched alkanes of at least 4 members (excludes halogenated alkanes) is 5. The first kappa shape index (κ1) is 122. The van der Waals surface area contributed by atoms with Crippen molar-refractivity contribution in [2.45, 2.75) is 139 Å². The van der Waals surface area contributed by atoms with E-state index in [9.17, 15) is 24.0 Å². The number of aromatic nitrogens is 4. The van der Waals surface area contributed by atoms with E-state index in [1.807, 2.05) is 158 Å². The molecule has 6 aromatic carbocycles. The molecule has 1 aliphatic carbocycles. The molecule has 20 N–H and O–H groups in total. The van der Waals surface area contributed by atoms with E-state index in [0.717, 1.165) is 181 Å². The molecular formula is C109H130B2Cl6N16O17. The van der Waals surface area contributed by atoms with Gasteiger partial charge in [-0.25, -0.2) is 4.99 Å². The largest absolute Gasteiger partial charge is 1.00 e. The molecule has 0 bridgehead atoms. The third-order valence-electron chi connectivity index (χ3n) is 22.7. The zero-order valence-electron chi connectivity index (χ0n) is 83.9. The van der Waals surface area contributed by atoms with Crippen molar-refractivity contribution < 1.29 is 115 Å². The maximum Gasteiger partial charge on any atom is 0.373 e. The van der Waals surface area contributed by atoms with Gasteiger partial charge in [0.15, 0.2) is 89.7 Å². The van der Waals surface area contributed by atoms with Crippen LogP contribution in [0.25, 0.3) is 124 Å². The Labute approximate surface area is 904 Å². The van der Waals surface area contributed by atoms with Crippen LogP contribution < -0.4 is 95.1 Å². The Kier molecular flexibility index (Phi) is 52.2. The van der Waals surface area contributed by atoms with Crippen LogP contribution in [0.3, 0.4) is 0 Å². The van der Waals surface area contributed by atoms with Gasteiger partial charge in [0.25, 0.3) is 5.91 Å². The second-order valence-electron chi connectivity index (χ2n) is 34.0. The van der Waals surface area contributed by atoms with Gasteiger partial charge in [0.2, 0.25) is 23.1 Å². The summed E-state index contributed by atoms with van der Waals surface area (Å²) >= 11 is 23.6. The van der Waals surface area contributed by atoms with Gasteiger partial charge in [-0.3, -0.25) is 24.0 Å². The van der Waals surface area contributed by atoms with Crippen molar-refractivity contribution in [3.63, 3.8) is 0 Å². The molecule has 796 valence electrons. The van der Waals surface area contributed by atoms with Crippen molar-refractivity contribution in [1.29, 1.82) is 0 Å². The highest BCUT2D eigenvalue weighted by Crippen LogP contribution is 2.45. The second kappa shape index (κ2) is 64.3. The van der Waals surface area contributed by atoms with Crippen molar-refractivity contribution in [1.82, 2.24) is 52.3 Å². The van der Waals surface area contributed by atoms with Crippen LogP contribution in [0.2, 0.25) is 34.5 Å². The third kappa shape index (κ3) is 36.5. The lowest BCUT2D eigenvalue weighted by Crippen LogP contribution is -3.00. The lowest BCUT2D eigenvalue weighted by atomic mass is 9.89. The number of aryl methyl sites for hydroxylation is 2. The highest BCUT2D eigenvalue weighted by Gasteiger charge is 2.31. The standard InChI is InChI=1S/C45H44ClN5O5.C20H23BClN3O4.C19H20ClN3O3.C15H10ClNO4.C5H15BN2O.C4H12N2.CH4.2ClH/c1-5-47-34-24-37-32(22-27(34)3)43(33-23-28(4)35(48-6-2)25-38(33)54-37)30-16-10-11-17-31(30)45(53)50-21-13-12-20-49-41(52)26-39-42(29-14-8-7-9-15-29)44(51-56-39)36-18-19-40(46)55-36;1-21(27)24-12-6-5-11-23-18(26)13-16-19(14-7-3-2-4-8-14)20(25-29-16)15-9-10-17(22)28-15;20-16-9-8-14(25-16)19-18(13-6-2-1-3-7-13)15(26-23-19)12-17(24)22-11-5-4-10-21;16-12-7-6-10(20-12)15-14(9-4-2-1-3-5-9)11(21-17-15)8-13(18)19;1-6(9)8-5-3-2-4-7;5-3-1-2-4-6;;;/h7-11,14-19,22-25,47H,5-6,12-13,20-21,26H2,1-4H3,(H,49,52)(H,50,53);2-4,7-10,24,27H,5-6,11-13H2,1H3,(H,23,26);1-3,6-9H,4-5,10-12,21H2,(H,22,24);1-7H,8H2,(H,18,19);8-9H,2-5,7H2,1H3;1-6H2;1H4;2*1H. The molecule has 16 rings (SSSR count). The van der Waals surface area contributed by atoms with E-state index in [1.165, 1.54) is 0 Å². The molecule has 33 nitrogen and oxygen atoms in total. The van der Waals surface area contributed by atoms with E-state index in [0.29, 0.717) is 131 Å². The molecule has 0 spiro atoms. The first-order valence-corrected chi connectivity index (χ1v) is 50.5. The summed E-state index contributed by atoms with van der Waals surface area (Å²) in [6.45, 7) is 20.0. The van der Waals surface area contributed by atoms with E-state index < -0.39 is 13.0 Å². The Balaban J connectivity index is 0.000000246. The SMILES string of the molecule is C.CB(O)NCCCCN.CB(O)NCCCCNC(=O)Cc1onc(-c2ccc(Cl)o2)c1-c1ccccc1.CCNc1cc2oc3cc(=[NH+]CC)c(C)cc-3c(-c3ccccc3C(=O)NCCCCNC(=O)Cc3onc(-c4ccc(Cl)o4)c3-c3ccccc3)c2cc1C.NCCCCN.O=C(O)Cc1onc(-c2ccc(Cl)o2)c1-c1ccccc1.[Cl-].[Cl-].[NH3+]CCCCNC(=O)Cc1onc(-c2ccc(Cl)o2)c1-c1ccccc1. The summed E-state index contributed by atoms with van der Waals surface area (Å²) < 4.78 is 50.3. The number of nitrogens with one attached hydrogen (secondary N) is 8. The first-order valence-electron chi connectivity index (χ1n) is 48.9. The smallest absolute Gasteiger partial charge is 0.373 e. The molecular weight excluding hydrogens is 2040 g/mol. The number of aliphatic carboxylic acids is 1. The highest BCUT2D eigenvalue weighted by molar-refractivity contribution is 6.45. The van der Waals surface area contributed by atoms with Gasteiger partial charge in [-0.05, 0) is 285 Å². The van der Waals surface area contributed by atoms with Crippen molar-refractivity contribution in [3.05, 3.63) is 284 Å². The quantitative estimate of drug-likeness (QED) is 0.00958. The molecule has 0 fully saturated rings. The molecule has 0 radical (unpaired) electrons. The van der Waals surface area contributed by atoms with E-state index in [4.69, 9.17) is 119 Å². The number of halogens is 6. The number of carboxylic acids is 1. The van der Waals surface area contributed by atoms with Crippen LogP contribution in [0.4, 0.5) is 5.69 Å². The van der Waals surface area contributed by atoms with Crippen LogP contribution in [0.1, 0.15) is 130 Å². The molecule has 14 aromatic rings. The Morgan fingerprint density at radius 2 is 0.747 bits per heavy atom. The van der Waals surface area contributed by atoms with Crippen molar-refractivity contribution in [2.75, 3.05) is 83.9 Å². The number of nitrogens with two attached hydrogens (primary N) is 3. The summed E-state index contributed by atoms with van der Waals surface area (Å²) in [5.74, 6) is 2.65. The van der Waals surface area contributed by atoms with E-state index in [1.54, 1.807) is 62.2 Å². The number of rotatable bonds is 44. The van der Waals surface area contributed by atoms with Crippen LogP contribution in [-0.2, 0) is 44.9 Å². The molecule has 2 aliphatic rings. The maximum absolute atomic E-state index is 13.9. The number of quaternary nitrogens is 1. The van der Waals surface area contributed by atoms with E-state index in [-0.39, 0.29) is 115 Å². The number of carbonyl (C=O) groups excluding carboxylic acids is 4. The number of benzene rings is 7. The number of carboxylic acid groups (broad SMARTS) is 1. The van der Waals surface area contributed by atoms with Gasteiger partial charge in [0, 0.05) is 72.1 Å². The Bertz CT molecular complexity index is 6850. The van der Waals surface area contributed by atoms with Crippen molar-refractivity contribution in [3.8, 4) is 113 Å². The number of anilines is 1. The second-order valence-corrected chi connectivity index (χ2v) is 35.5. The minimum Gasteiger partial charge on any atom is -1.00 e. The zero-order valence-corrected chi connectivity index (χ0v) is 88.4. The lowest BCUT2D eigenvalue weighted by molar-refractivity contribution is -0.496. The van der Waals surface area contributed by atoms with Crippen LogP contribution in [0.15, 0.2) is 259 Å². The van der Waals surface area contributed by atoms with Crippen LogP contribution in [0, 0.1) is 13.8 Å². The fourth-order valence-electron chi connectivity index (χ4n) is 15.7. The van der Waals surface area contributed by atoms with E-state index >= 15 is 0 Å². The normalized spacial score (nSPS) is 10.8. The molecule has 0 unspecified atom stereocenters. The minimum atomic E-state index is -0.993. The number of fused-ring (bicyclic) bond motifs is 2. The van der Waals surface area contributed by atoms with Crippen LogP contribution >= 0.6 is 46.4 Å². The van der Waals surface area contributed by atoms with Crippen molar-refractivity contribution >= 4 is 107 Å². The van der Waals surface area contributed by atoms with Crippen molar-refractivity contribution in [2.24, 2.45) is 17.2 Å². The average Bonchev–Trinajstić information content (AvgIpc) is 1.08. The van der Waals surface area contributed by atoms with Crippen LogP contribution in [-0.4, -0.2) is 158 Å². The number of hydrogen-bond acceptors (Lipinski definition) is 26. The summed E-state index contributed by atoms with van der Waals surface area (Å²) in [4.78, 5) is 66.0. The van der Waals surface area contributed by atoms with Gasteiger partial charge in [-0.15, -0.1) is 0 Å². The number of hydrogen-bond donors (Lipinski definition) is 15. The fourth-order valence-corrected chi connectivity index (χ4v) is 16.3. The summed E-state index contributed by atoms with van der Waals surface area (Å²) in [5.41, 5.74) is 34.7. The Hall–Kier alpha value is -13.3. The molecule has 4 amide bonds. The topological polar surface area (TPSA) is 520 Å². The van der Waals surface area contributed by atoms with E-state index in [2.05, 4.69) is 108 Å². The molecule has 0 saturated carbocycles. The molecule has 41 heteroatoms. The summed E-state index contributed by atoms with van der Waals surface area (Å²) in [7, 11) is -0.909. The molecule has 9 heterocycles. The average molecular weight is 2170 g/mol. The molecule has 1 aliphatic heterocycles. The Morgan fingerprint density at radius 3 is 1.09 bits per heavy atom. The van der Waals surface area contributed by atoms with Gasteiger partial charge in [-0.1, -0.05) is 168 Å². The maximum atomic E-state index is 13.9. The number of nitrogens with zero attached hydrogens (tertiary/aromatic N) is 4. The van der Waals surface area contributed by atoms with Gasteiger partial charge >= 0.3 is 20.1 Å². The van der Waals surface area contributed by atoms with Gasteiger partial charge in [0.05, 0.1) is 54.1 Å². The predicted molar refractivity (Wildman–Crippen MR) is 580 cm³/mol. The number of furan rings is 4. The predicted octanol–water partition coefficient (Wildman–Crippen LogP) is 11.7. The monoisotopic (exact) mass is 2170 g/mol. The minimum absolute atomic E-state index is 0. The van der Waals surface area contributed by atoms with Gasteiger partial charge in [0.1, 0.15) is 24.3 Å². The highest BCUT2D eigenvalue weighted by atomic mass is 35.5. The number of carbonyl (C=O) groups is 5. The molecule has 0 saturated heterocycles. The Morgan fingerprint density at radius 1 is 0.400 bits per heavy atom. The third-order valence-corrected chi connectivity index (χ3v) is 23.5. The van der Waals surface area contributed by atoms with Gasteiger partial charge in [-0.2, -0.15) is 0 Å². The summed E-state index contributed by atoms with van der Waals surface area (Å²) in [5, 5.41) is 67.3. The fraction of sp³-hybridized carbons (Fsp3) is 0.303. The molecule has 150 heavy (non-hydrogen) atoms. The zero-order chi connectivity index (χ0) is 105. The summed E-state index contributed by atoms with van der Waals surface area (Å²) in [6.07, 6.45) is 9.02. The molecule has 0 atom stereocenters. The number of amides is 4.